The number of primary amides is 1. The van der Waals surface area contributed by atoms with Crippen LogP contribution in [0.5, 0.6) is 5.75 Å². The van der Waals surface area contributed by atoms with E-state index in [2.05, 4.69) is 64.2 Å². The van der Waals surface area contributed by atoms with Crippen LogP contribution < -0.4 is 21.1 Å². The van der Waals surface area contributed by atoms with Crippen LogP contribution in [-0.4, -0.2) is 32.1 Å². The first kappa shape index (κ1) is 26.2. The molecule has 0 aliphatic heterocycles. The van der Waals surface area contributed by atoms with E-state index in [1.165, 1.54) is 11.1 Å². The molecule has 174 valence electrons. The van der Waals surface area contributed by atoms with E-state index in [1.807, 2.05) is 30.3 Å². The maximum Gasteiger partial charge on any atom is 0.255 e. The first-order valence-electron chi connectivity index (χ1n) is 10.7. The van der Waals surface area contributed by atoms with Gasteiger partial charge in [-0.1, -0.05) is 72.8 Å². The molecule has 1 atom stereocenters. The van der Waals surface area contributed by atoms with Crippen molar-refractivity contribution in [3.63, 3.8) is 0 Å². The van der Waals surface area contributed by atoms with Gasteiger partial charge in [0.15, 0.2) is 12.6 Å². The summed E-state index contributed by atoms with van der Waals surface area (Å²) in [6.45, 7) is 1.19. The minimum atomic E-state index is -0.499. The molecular formula is C26H31IN4O2. The Morgan fingerprint density at radius 3 is 2.27 bits per heavy atom. The third kappa shape index (κ3) is 9.13. The number of halogens is 1. The van der Waals surface area contributed by atoms with E-state index in [4.69, 9.17) is 10.5 Å². The molecule has 33 heavy (non-hydrogen) atoms. The number of hydrogen-bond acceptors (Lipinski definition) is 3. The number of nitrogens with two attached hydrogens (primary N) is 1. The molecule has 0 saturated carbocycles. The standard InChI is InChI=1S/C26H30N4O2.HI/c1-28-26(29-17-21-11-8-14-24(16-21)32-19-25(27)31)30-18-23(22-12-6-3-7-13-22)15-20-9-4-2-5-10-20;/h2-14,16,23H,15,17-19H2,1H3,(H2,27,31)(H2,28,29,30);1H. The van der Waals surface area contributed by atoms with E-state index in [0.717, 1.165) is 24.5 Å². The highest BCUT2D eigenvalue weighted by atomic mass is 127. The number of guanidine groups is 1. The lowest BCUT2D eigenvalue weighted by molar-refractivity contribution is -0.119. The molecule has 1 amide bonds. The molecule has 0 radical (unpaired) electrons. The zero-order chi connectivity index (χ0) is 22.6. The van der Waals surface area contributed by atoms with E-state index in [0.29, 0.717) is 18.2 Å². The maximum absolute atomic E-state index is 10.9. The van der Waals surface area contributed by atoms with Gasteiger partial charge in [-0.2, -0.15) is 0 Å². The highest BCUT2D eigenvalue weighted by molar-refractivity contribution is 14.0. The van der Waals surface area contributed by atoms with Crippen LogP contribution in [0.15, 0.2) is 89.9 Å². The fourth-order valence-corrected chi connectivity index (χ4v) is 3.46. The number of benzene rings is 3. The molecule has 0 spiro atoms. The van der Waals surface area contributed by atoms with Gasteiger partial charge in [0, 0.05) is 26.1 Å². The molecule has 1 unspecified atom stereocenters. The topological polar surface area (TPSA) is 88.7 Å². The van der Waals surface area contributed by atoms with E-state index in [9.17, 15) is 4.79 Å². The molecule has 3 rings (SSSR count). The van der Waals surface area contributed by atoms with E-state index < -0.39 is 5.91 Å². The maximum atomic E-state index is 10.9. The Morgan fingerprint density at radius 2 is 1.61 bits per heavy atom. The third-order valence-corrected chi connectivity index (χ3v) is 5.07. The van der Waals surface area contributed by atoms with Crippen molar-refractivity contribution < 1.29 is 9.53 Å². The predicted molar refractivity (Wildman–Crippen MR) is 144 cm³/mol. The zero-order valence-electron chi connectivity index (χ0n) is 18.7. The van der Waals surface area contributed by atoms with Crippen LogP contribution in [0.4, 0.5) is 0 Å². The molecule has 0 heterocycles. The van der Waals surface area contributed by atoms with Crippen LogP contribution in [0.3, 0.4) is 0 Å². The normalized spacial score (nSPS) is 11.7. The molecule has 0 aliphatic carbocycles. The lowest BCUT2D eigenvalue weighted by Crippen LogP contribution is -2.39. The van der Waals surface area contributed by atoms with Crippen molar-refractivity contribution in [2.75, 3.05) is 20.2 Å². The Hall–Kier alpha value is -3.07. The fraction of sp³-hybridized carbons (Fsp3) is 0.231. The average Bonchev–Trinajstić information content (AvgIpc) is 2.83. The number of ether oxygens (including phenoxy) is 1. The van der Waals surface area contributed by atoms with Gasteiger partial charge in [-0.3, -0.25) is 9.79 Å². The molecule has 3 aromatic rings. The smallest absolute Gasteiger partial charge is 0.255 e. The van der Waals surface area contributed by atoms with Crippen molar-refractivity contribution >= 4 is 35.8 Å². The quantitative estimate of drug-likeness (QED) is 0.200. The molecule has 0 bridgehead atoms. The molecule has 0 saturated heterocycles. The Bertz CT molecular complexity index is 1010. The monoisotopic (exact) mass is 558 g/mol. The van der Waals surface area contributed by atoms with Crippen LogP contribution in [0, 0.1) is 0 Å². The van der Waals surface area contributed by atoms with Crippen LogP contribution in [0.2, 0.25) is 0 Å². The second-order valence-corrected chi connectivity index (χ2v) is 7.51. The summed E-state index contributed by atoms with van der Waals surface area (Å²) in [6.07, 6.45) is 0.939. The van der Waals surface area contributed by atoms with Crippen molar-refractivity contribution in [2.24, 2.45) is 10.7 Å². The highest BCUT2D eigenvalue weighted by Crippen LogP contribution is 2.20. The summed E-state index contributed by atoms with van der Waals surface area (Å²) in [5.41, 5.74) is 8.75. The number of rotatable bonds is 10. The Balaban J connectivity index is 0.00000385. The number of carbonyl (C=O) groups is 1. The predicted octanol–water partition coefficient (Wildman–Crippen LogP) is 3.86. The van der Waals surface area contributed by atoms with E-state index in [-0.39, 0.29) is 30.6 Å². The summed E-state index contributed by atoms with van der Waals surface area (Å²) in [4.78, 5) is 15.3. The van der Waals surface area contributed by atoms with Gasteiger partial charge in [-0.15, -0.1) is 24.0 Å². The Labute approximate surface area is 212 Å². The summed E-state index contributed by atoms with van der Waals surface area (Å²) in [6, 6.07) is 28.6. The summed E-state index contributed by atoms with van der Waals surface area (Å²) >= 11 is 0. The molecule has 4 N–H and O–H groups in total. The fourth-order valence-electron chi connectivity index (χ4n) is 3.46. The minimum absolute atomic E-state index is 0. The van der Waals surface area contributed by atoms with Gasteiger partial charge in [0.1, 0.15) is 5.75 Å². The first-order chi connectivity index (χ1) is 15.6. The summed E-state index contributed by atoms with van der Waals surface area (Å²) < 4.78 is 5.38. The molecule has 0 fully saturated rings. The van der Waals surface area contributed by atoms with Gasteiger partial charge in [0.05, 0.1) is 0 Å². The van der Waals surface area contributed by atoms with Crippen LogP contribution >= 0.6 is 24.0 Å². The molecule has 0 aromatic heterocycles. The number of nitrogens with one attached hydrogen (secondary N) is 2. The summed E-state index contributed by atoms with van der Waals surface area (Å²) in [7, 11) is 1.76. The van der Waals surface area contributed by atoms with Gasteiger partial charge < -0.3 is 21.1 Å². The largest absolute Gasteiger partial charge is 0.484 e. The van der Waals surface area contributed by atoms with E-state index in [1.54, 1.807) is 13.1 Å². The number of carbonyl (C=O) groups excluding carboxylic acids is 1. The Morgan fingerprint density at radius 1 is 0.939 bits per heavy atom. The van der Waals surface area contributed by atoms with Crippen molar-refractivity contribution in [3.05, 3.63) is 102 Å². The van der Waals surface area contributed by atoms with Gasteiger partial charge in [0.2, 0.25) is 0 Å². The van der Waals surface area contributed by atoms with Gasteiger partial charge in [0.25, 0.3) is 5.91 Å². The van der Waals surface area contributed by atoms with Crippen LogP contribution in [-0.2, 0) is 17.8 Å². The zero-order valence-corrected chi connectivity index (χ0v) is 21.1. The van der Waals surface area contributed by atoms with Crippen LogP contribution in [0.1, 0.15) is 22.6 Å². The summed E-state index contributed by atoms with van der Waals surface area (Å²) in [5, 5.41) is 6.80. The lowest BCUT2D eigenvalue weighted by atomic mass is 9.92. The van der Waals surface area contributed by atoms with Crippen molar-refractivity contribution in [1.82, 2.24) is 10.6 Å². The first-order valence-corrected chi connectivity index (χ1v) is 10.7. The third-order valence-electron chi connectivity index (χ3n) is 5.07. The van der Waals surface area contributed by atoms with Gasteiger partial charge in [-0.05, 0) is 35.2 Å². The van der Waals surface area contributed by atoms with Crippen LogP contribution in [0.25, 0.3) is 0 Å². The van der Waals surface area contributed by atoms with Crippen molar-refractivity contribution in [3.8, 4) is 5.75 Å². The number of aliphatic imine (C=N–C) groups is 1. The second-order valence-electron chi connectivity index (χ2n) is 7.51. The SMILES string of the molecule is CN=C(NCc1cccc(OCC(N)=O)c1)NCC(Cc1ccccc1)c1ccccc1.I. The number of hydrogen-bond donors (Lipinski definition) is 3. The molecule has 0 aliphatic rings. The number of amides is 1. The van der Waals surface area contributed by atoms with Gasteiger partial charge in [-0.25, -0.2) is 0 Å². The Kier molecular flexibility index (Phi) is 11.2. The van der Waals surface area contributed by atoms with Gasteiger partial charge >= 0.3 is 0 Å². The average molecular weight is 558 g/mol. The highest BCUT2D eigenvalue weighted by Gasteiger charge is 2.13. The molecule has 7 heteroatoms. The second kappa shape index (κ2) is 14.2. The molecule has 6 nitrogen and oxygen atoms in total. The number of nitrogens with zero attached hydrogens (tertiary/aromatic N) is 1. The molecular weight excluding hydrogens is 527 g/mol. The molecule has 3 aromatic carbocycles. The van der Waals surface area contributed by atoms with Crippen molar-refractivity contribution in [2.45, 2.75) is 18.9 Å². The van der Waals surface area contributed by atoms with E-state index >= 15 is 0 Å². The summed E-state index contributed by atoms with van der Waals surface area (Å²) in [5.74, 6) is 1.14. The minimum Gasteiger partial charge on any atom is -0.484 e. The van der Waals surface area contributed by atoms with Crippen molar-refractivity contribution in [1.29, 1.82) is 0 Å². The lowest BCUT2D eigenvalue weighted by Gasteiger charge is -2.20.